The van der Waals surface area contributed by atoms with Crippen LogP contribution in [0, 0.1) is 0 Å². The minimum atomic E-state index is 0.242. The first-order valence-corrected chi connectivity index (χ1v) is 8.67. The van der Waals surface area contributed by atoms with Gasteiger partial charge in [-0.3, -0.25) is 0 Å². The van der Waals surface area contributed by atoms with E-state index in [4.69, 9.17) is 0 Å². The van der Waals surface area contributed by atoms with E-state index in [1.165, 1.54) is 27.8 Å². The Bertz CT molecular complexity index is 886. The fourth-order valence-corrected chi connectivity index (χ4v) is 3.40. The Hall–Kier alpha value is -3.12. The maximum atomic E-state index is 2.32. The van der Waals surface area contributed by atoms with Crippen LogP contribution in [0.4, 0.5) is 0 Å². The summed E-state index contributed by atoms with van der Waals surface area (Å²) in [6.07, 6.45) is 0. The zero-order valence-electron chi connectivity index (χ0n) is 14.0. The van der Waals surface area contributed by atoms with E-state index in [9.17, 15) is 0 Å². The molecule has 0 aliphatic heterocycles. The van der Waals surface area contributed by atoms with Crippen LogP contribution in [0.3, 0.4) is 0 Å². The zero-order valence-corrected chi connectivity index (χ0v) is 14.0. The van der Waals surface area contributed by atoms with Crippen molar-refractivity contribution < 1.29 is 0 Å². The topological polar surface area (TPSA) is 0 Å². The van der Waals surface area contributed by atoms with Crippen LogP contribution in [-0.4, -0.2) is 0 Å². The van der Waals surface area contributed by atoms with E-state index < -0.39 is 0 Å². The molecule has 0 heterocycles. The van der Waals surface area contributed by atoms with Gasteiger partial charge in [0, 0.05) is 5.92 Å². The van der Waals surface area contributed by atoms with Gasteiger partial charge >= 0.3 is 0 Å². The van der Waals surface area contributed by atoms with Crippen LogP contribution in [-0.2, 0) is 0 Å². The Morgan fingerprint density at radius 2 is 0.800 bits per heavy atom. The van der Waals surface area contributed by atoms with Crippen LogP contribution in [0.25, 0.3) is 11.1 Å². The summed E-state index contributed by atoms with van der Waals surface area (Å²) in [5.41, 5.74) is 6.47. The first-order chi connectivity index (χ1) is 12.4. The maximum absolute atomic E-state index is 2.32. The predicted molar refractivity (Wildman–Crippen MR) is 106 cm³/mol. The highest BCUT2D eigenvalue weighted by Crippen LogP contribution is 2.33. The van der Waals surface area contributed by atoms with Crippen molar-refractivity contribution in [1.29, 1.82) is 0 Å². The average molecular weight is 320 g/mol. The van der Waals surface area contributed by atoms with Crippen LogP contribution < -0.4 is 0 Å². The molecule has 0 bridgehead atoms. The van der Waals surface area contributed by atoms with E-state index in [1.54, 1.807) is 0 Å². The van der Waals surface area contributed by atoms with E-state index in [0.29, 0.717) is 0 Å². The third kappa shape index (κ3) is 3.39. The van der Waals surface area contributed by atoms with Crippen molar-refractivity contribution in [2.75, 3.05) is 0 Å². The molecule has 0 unspecified atom stereocenters. The van der Waals surface area contributed by atoms with Gasteiger partial charge < -0.3 is 0 Å². The molecule has 0 aliphatic rings. The van der Waals surface area contributed by atoms with Crippen molar-refractivity contribution in [3.8, 4) is 11.1 Å². The lowest BCUT2D eigenvalue weighted by atomic mass is 9.84. The lowest BCUT2D eigenvalue weighted by molar-refractivity contribution is 0.978. The summed E-state index contributed by atoms with van der Waals surface area (Å²) in [5.74, 6) is 0.242. The predicted octanol–water partition coefficient (Wildman–Crippen LogP) is 6.53. The molecule has 0 aromatic heterocycles. The molecule has 25 heavy (non-hydrogen) atoms. The molecular weight excluding hydrogens is 300 g/mol. The monoisotopic (exact) mass is 320 g/mol. The first-order valence-electron chi connectivity index (χ1n) is 8.67. The Balaban J connectivity index is 1.83. The summed E-state index contributed by atoms with van der Waals surface area (Å²) < 4.78 is 0. The second kappa shape index (κ2) is 7.19. The molecule has 0 heteroatoms. The first kappa shape index (κ1) is 15.4. The molecule has 0 N–H and O–H groups in total. The number of hydrogen-bond acceptors (Lipinski definition) is 0. The van der Waals surface area contributed by atoms with Crippen molar-refractivity contribution in [2.45, 2.75) is 5.92 Å². The van der Waals surface area contributed by atoms with Crippen LogP contribution >= 0.6 is 0 Å². The fourth-order valence-electron chi connectivity index (χ4n) is 3.40. The van der Waals surface area contributed by atoms with E-state index in [-0.39, 0.29) is 5.92 Å². The molecule has 0 aliphatic carbocycles. The van der Waals surface area contributed by atoms with Gasteiger partial charge in [-0.1, -0.05) is 115 Å². The van der Waals surface area contributed by atoms with Crippen molar-refractivity contribution in [1.82, 2.24) is 0 Å². The second-order valence-corrected chi connectivity index (χ2v) is 6.25. The van der Waals surface area contributed by atoms with Gasteiger partial charge in [-0.2, -0.15) is 0 Å². The van der Waals surface area contributed by atoms with Crippen molar-refractivity contribution >= 4 is 0 Å². The molecule has 0 spiro atoms. The van der Waals surface area contributed by atoms with Crippen LogP contribution in [0.2, 0.25) is 0 Å². The smallest absolute Gasteiger partial charge is 0.0340 e. The van der Waals surface area contributed by atoms with Gasteiger partial charge in [-0.15, -0.1) is 0 Å². The van der Waals surface area contributed by atoms with Crippen LogP contribution in [0.1, 0.15) is 22.6 Å². The van der Waals surface area contributed by atoms with Gasteiger partial charge in [0.15, 0.2) is 0 Å². The van der Waals surface area contributed by atoms with Gasteiger partial charge in [-0.25, -0.2) is 0 Å². The standard InChI is InChI=1S/C25H20/c1-4-11-20(12-5-1)23-17-10-18-24(19-23)25(21-13-6-2-7-14-21)22-15-8-3-9-16-22/h1-19,25H. The molecule has 4 aromatic rings. The van der Waals surface area contributed by atoms with E-state index >= 15 is 0 Å². The lowest BCUT2D eigenvalue weighted by Crippen LogP contribution is -2.03. The summed E-state index contributed by atoms with van der Waals surface area (Å²) in [5, 5.41) is 0. The molecule has 0 saturated heterocycles. The van der Waals surface area contributed by atoms with Crippen LogP contribution in [0.5, 0.6) is 0 Å². The van der Waals surface area contributed by atoms with Gasteiger partial charge in [0.05, 0.1) is 0 Å². The highest BCUT2D eigenvalue weighted by Gasteiger charge is 2.16. The van der Waals surface area contributed by atoms with Gasteiger partial charge in [0.2, 0.25) is 0 Å². The van der Waals surface area contributed by atoms with Gasteiger partial charge in [0.1, 0.15) is 0 Å². The molecule has 0 nitrogen and oxygen atoms in total. The molecule has 0 atom stereocenters. The Morgan fingerprint density at radius 3 is 1.36 bits per heavy atom. The summed E-state index contributed by atoms with van der Waals surface area (Å²) in [4.78, 5) is 0. The molecular formula is C25H20. The lowest BCUT2D eigenvalue weighted by Gasteiger charge is -2.19. The quantitative estimate of drug-likeness (QED) is 0.375. The second-order valence-electron chi connectivity index (χ2n) is 6.25. The van der Waals surface area contributed by atoms with E-state index in [1.807, 2.05) is 0 Å². The minimum Gasteiger partial charge on any atom is -0.0622 e. The normalized spacial score (nSPS) is 10.8. The van der Waals surface area contributed by atoms with Gasteiger partial charge in [-0.05, 0) is 27.8 Å². The maximum Gasteiger partial charge on any atom is 0.0340 e. The zero-order chi connectivity index (χ0) is 16.9. The molecule has 4 aromatic carbocycles. The highest BCUT2D eigenvalue weighted by molar-refractivity contribution is 5.65. The molecule has 120 valence electrons. The molecule has 0 radical (unpaired) electrons. The van der Waals surface area contributed by atoms with E-state index in [2.05, 4.69) is 115 Å². The Labute approximate surface area is 149 Å². The Morgan fingerprint density at radius 1 is 0.360 bits per heavy atom. The average Bonchev–Trinajstić information content (AvgIpc) is 2.71. The summed E-state index contributed by atoms with van der Waals surface area (Å²) in [7, 11) is 0. The largest absolute Gasteiger partial charge is 0.0622 e. The molecule has 4 rings (SSSR count). The molecule has 0 amide bonds. The minimum absolute atomic E-state index is 0.242. The summed E-state index contributed by atoms with van der Waals surface area (Å²) in [6.45, 7) is 0. The third-order valence-electron chi connectivity index (χ3n) is 4.59. The van der Waals surface area contributed by atoms with Crippen molar-refractivity contribution in [3.05, 3.63) is 132 Å². The fraction of sp³-hybridized carbons (Fsp3) is 0.0400. The summed E-state index contributed by atoms with van der Waals surface area (Å²) in [6, 6.07) is 41.0. The summed E-state index contributed by atoms with van der Waals surface area (Å²) >= 11 is 0. The van der Waals surface area contributed by atoms with Gasteiger partial charge in [0.25, 0.3) is 0 Å². The Kier molecular flexibility index (Phi) is 4.43. The number of rotatable bonds is 4. The third-order valence-corrected chi connectivity index (χ3v) is 4.59. The number of hydrogen-bond donors (Lipinski definition) is 0. The molecule has 0 saturated carbocycles. The van der Waals surface area contributed by atoms with E-state index in [0.717, 1.165) is 0 Å². The van der Waals surface area contributed by atoms with Crippen LogP contribution in [0.15, 0.2) is 115 Å². The highest BCUT2D eigenvalue weighted by atomic mass is 14.2. The number of benzene rings is 4. The van der Waals surface area contributed by atoms with Crippen molar-refractivity contribution in [3.63, 3.8) is 0 Å². The van der Waals surface area contributed by atoms with Crippen molar-refractivity contribution in [2.24, 2.45) is 0 Å². The molecule has 0 fully saturated rings. The SMILES string of the molecule is c1ccc(-c2cccc(C(c3ccccc3)c3ccccc3)c2)cc1.